The summed E-state index contributed by atoms with van der Waals surface area (Å²) in [5.74, 6) is -0.576. The summed E-state index contributed by atoms with van der Waals surface area (Å²) in [5.41, 5.74) is 6.42. The number of hydrogen-bond donors (Lipinski definition) is 2. The number of likely N-dealkylation sites (tertiary alicyclic amines) is 1. The number of nitrogens with two attached hydrogens (primary N) is 1. The molecule has 0 aliphatic carbocycles. The second-order valence-corrected chi connectivity index (χ2v) is 4.76. The average molecular weight is 250 g/mol. The minimum absolute atomic E-state index is 0.188. The topological polar surface area (TPSA) is 92.3 Å². The maximum atomic E-state index is 10.8. The van der Waals surface area contributed by atoms with Gasteiger partial charge in [0.2, 0.25) is 0 Å². The summed E-state index contributed by atoms with van der Waals surface area (Å²) < 4.78 is 0. The van der Waals surface area contributed by atoms with Crippen molar-refractivity contribution in [1.29, 1.82) is 0 Å². The number of likely N-dealkylation sites (N-methyl/N-ethyl adjacent to an activating group) is 1. The van der Waals surface area contributed by atoms with Crippen molar-refractivity contribution in [3.8, 4) is 0 Å². The van der Waals surface area contributed by atoms with E-state index in [4.69, 9.17) is 10.8 Å². The van der Waals surface area contributed by atoms with Gasteiger partial charge in [-0.3, -0.25) is 4.79 Å². The fourth-order valence-electron chi connectivity index (χ4n) is 2.28. The van der Waals surface area contributed by atoms with E-state index in [1.54, 1.807) is 6.20 Å². The van der Waals surface area contributed by atoms with E-state index in [0.717, 1.165) is 31.6 Å². The lowest BCUT2D eigenvalue weighted by Gasteiger charge is -2.29. The molecule has 1 aromatic rings. The maximum absolute atomic E-state index is 10.8. The zero-order chi connectivity index (χ0) is 13.1. The highest BCUT2D eigenvalue weighted by atomic mass is 16.4. The van der Waals surface area contributed by atoms with Gasteiger partial charge in [0, 0.05) is 24.4 Å². The molecular formula is C12H18N4O2. The Bertz CT molecular complexity index is 438. The lowest BCUT2D eigenvalue weighted by molar-refractivity contribution is -0.138. The molecule has 0 aromatic carbocycles. The number of rotatable bonds is 3. The van der Waals surface area contributed by atoms with Crippen LogP contribution in [0.15, 0.2) is 12.3 Å². The van der Waals surface area contributed by atoms with Crippen LogP contribution in [0.2, 0.25) is 0 Å². The van der Waals surface area contributed by atoms with Crippen LogP contribution in [0, 0.1) is 0 Å². The Hall–Kier alpha value is -1.53. The van der Waals surface area contributed by atoms with Crippen molar-refractivity contribution in [2.45, 2.75) is 24.8 Å². The Balaban J connectivity index is 2.18. The van der Waals surface area contributed by atoms with Crippen LogP contribution < -0.4 is 5.73 Å². The fourth-order valence-corrected chi connectivity index (χ4v) is 2.28. The minimum Gasteiger partial charge on any atom is -0.480 e. The van der Waals surface area contributed by atoms with Crippen molar-refractivity contribution in [1.82, 2.24) is 14.9 Å². The predicted octanol–water partition coefficient (Wildman–Crippen LogP) is 0.370. The molecule has 1 aromatic heterocycles. The van der Waals surface area contributed by atoms with E-state index in [0.29, 0.717) is 5.92 Å². The van der Waals surface area contributed by atoms with Crippen molar-refractivity contribution in [3.05, 3.63) is 23.8 Å². The number of hydrogen-bond acceptors (Lipinski definition) is 5. The molecule has 1 saturated heterocycles. The molecule has 2 rings (SSSR count). The number of nitrogens with zero attached hydrogens (tertiary/aromatic N) is 3. The van der Waals surface area contributed by atoms with Gasteiger partial charge in [0.15, 0.2) is 11.9 Å². The standard InChI is InChI=1S/C12H18N4O2/c1-16-6-2-3-8(7-16)9-4-5-14-11(15-9)10(13)12(17)18/h4-5,8,10H,2-3,6-7,13H2,1H3,(H,17,18). The zero-order valence-electron chi connectivity index (χ0n) is 10.4. The number of carboxylic acid groups (broad SMARTS) is 1. The molecule has 2 atom stereocenters. The van der Waals surface area contributed by atoms with Gasteiger partial charge < -0.3 is 15.7 Å². The molecule has 0 saturated carbocycles. The third kappa shape index (κ3) is 2.83. The Morgan fingerprint density at radius 2 is 2.44 bits per heavy atom. The van der Waals surface area contributed by atoms with Gasteiger partial charge in [0.05, 0.1) is 0 Å². The van der Waals surface area contributed by atoms with Crippen molar-refractivity contribution in [2.24, 2.45) is 5.73 Å². The molecule has 6 nitrogen and oxygen atoms in total. The quantitative estimate of drug-likeness (QED) is 0.805. The third-order valence-electron chi connectivity index (χ3n) is 3.28. The molecule has 0 bridgehead atoms. The van der Waals surface area contributed by atoms with Crippen LogP contribution in [0.1, 0.15) is 36.3 Å². The highest BCUT2D eigenvalue weighted by Crippen LogP contribution is 2.24. The second kappa shape index (κ2) is 5.41. The lowest BCUT2D eigenvalue weighted by atomic mass is 9.95. The molecule has 3 N–H and O–H groups in total. The van der Waals surface area contributed by atoms with Gasteiger partial charge in [-0.2, -0.15) is 0 Å². The number of carboxylic acids is 1. The first-order valence-electron chi connectivity index (χ1n) is 6.07. The Morgan fingerprint density at radius 3 is 3.11 bits per heavy atom. The summed E-state index contributed by atoms with van der Waals surface area (Å²) in [4.78, 5) is 21.3. The molecule has 6 heteroatoms. The largest absolute Gasteiger partial charge is 0.480 e. The molecule has 2 heterocycles. The fraction of sp³-hybridized carbons (Fsp3) is 0.583. The van der Waals surface area contributed by atoms with Crippen LogP contribution in [0.3, 0.4) is 0 Å². The first-order valence-corrected chi connectivity index (χ1v) is 6.07. The summed E-state index contributed by atoms with van der Waals surface area (Å²) in [5, 5.41) is 8.87. The van der Waals surface area contributed by atoms with E-state index in [1.165, 1.54) is 0 Å². The van der Waals surface area contributed by atoms with Crippen LogP contribution in [-0.4, -0.2) is 46.1 Å². The van der Waals surface area contributed by atoms with E-state index in [2.05, 4.69) is 21.9 Å². The second-order valence-electron chi connectivity index (χ2n) is 4.76. The first kappa shape index (κ1) is 12.9. The van der Waals surface area contributed by atoms with Crippen molar-refractivity contribution >= 4 is 5.97 Å². The summed E-state index contributed by atoms with van der Waals surface area (Å²) in [6.07, 6.45) is 3.80. The monoisotopic (exact) mass is 250 g/mol. The first-order chi connectivity index (χ1) is 8.58. The highest BCUT2D eigenvalue weighted by Gasteiger charge is 2.23. The van der Waals surface area contributed by atoms with Gasteiger partial charge in [-0.15, -0.1) is 0 Å². The summed E-state index contributed by atoms with van der Waals surface area (Å²) in [7, 11) is 2.08. The summed E-state index contributed by atoms with van der Waals surface area (Å²) in [6, 6.07) is 0.702. The van der Waals surface area contributed by atoms with Crippen molar-refractivity contribution in [3.63, 3.8) is 0 Å². The van der Waals surface area contributed by atoms with E-state index < -0.39 is 12.0 Å². The highest BCUT2D eigenvalue weighted by molar-refractivity contribution is 5.73. The van der Waals surface area contributed by atoms with Crippen molar-refractivity contribution in [2.75, 3.05) is 20.1 Å². The van der Waals surface area contributed by atoms with Crippen LogP contribution in [-0.2, 0) is 4.79 Å². The van der Waals surface area contributed by atoms with E-state index >= 15 is 0 Å². The van der Waals surface area contributed by atoms with Crippen LogP contribution in [0.4, 0.5) is 0 Å². The molecule has 1 fully saturated rings. The molecule has 0 spiro atoms. The minimum atomic E-state index is -1.15. The number of piperidine rings is 1. The van der Waals surface area contributed by atoms with Crippen molar-refractivity contribution < 1.29 is 9.90 Å². The molecular weight excluding hydrogens is 232 g/mol. The number of aromatic nitrogens is 2. The Kier molecular flexibility index (Phi) is 3.88. The summed E-state index contributed by atoms with van der Waals surface area (Å²) in [6.45, 7) is 2.04. The number of carbonyl (C=O) groups is 1. The van der Waals surface area contributed by atoms with Crippen LogP contribution in [0.5, 0.6) is 0 Å². The maximum Gasteiger partial charge on any atom is 0.328 e. The van der Waals surface area contributed by atoms with Gasteiger partial charge in [-0.05, 0) is 32.5 Å². The normalized spacial score (nSPS) is 22.7. The average Bonchev–Trinajstić information content (AvgIpc) is 2.38. The van der Waals surface area contributed by atoms with E-state index in [1.807, 2.05) is 6.07 Å². The third-order valence-corrected chi connectivity index (χ3v) is 3.28. The lowest BCUT2D eigenvalue weighted by Crippen LogP contribution is -2.31. The molecule has 1 aliphatic heterocycles. The molecule has 98 valence electrons. The van der Waals surface area contributed by atoms with Gasteiger partial charge in [0.25, 0.3) is 0 Å². The smallest absolute Gasteiger partial charge is 0.328 e. The Labute approximate surface area is 106 Å². The van der Waals surface area contributed by atoms with Crippen LogP contribution in [0.25, 0.3) is 0 Å². The van der Waals surface area contributed by atoms with E-state index in [-0.39, 0.29) is 5.82 Å². The molecule has 18 heavy (non-hydrogen) atoms. The number of aliphatic carboxylic acids is 1. The SMILES string of the molecule is CN1CCCC(c2ccnc(C(N)C(=O)O)n2)C1. The van der Waals surface area contributed by atoms with Crippen LogP contribution >= 0.6 is 0 Å². The van der Waals surface area contributed by atoms with Gasteiger partial charge in [-0.25, -0.2) is 9.97 Å². The summed E-state index contributed by atoms with van der Waals surface area (Å²) >= 11 is 0. The molecule has 1 aliphatic rings. The predicted molar refractivity (Wildman–Crippen MR) is 66.1 cm³/mol. The van der Waals surface area contributed by atoms with Gasteiger partial charge in [-0.1, -0.05) is 0 Å². The Morgan fingerprint density at radius 1 is 1.67 bits per heavy atom. The van der Waals surface area contributed by atoms with Gasteiger partial charge >= 0.3 is 5.97 Å². The molecule has 0 radical (unpaired) electrons. The zero-order valence-corrected chi connectivity index (χ0v) is 10.4. The molecule has 2 unspecified atom stereocenters. The molecule has 0 amide bonds. The van der Waals surface area contributed by atoms with E-state index in [9.17, 15) is 4.79 Å². The van der Waals surface area contributed by atoms with Gasteiger partial charge in [0.1, 0.15) is 0 Å².